The van der Waals surface area contributed by atoms with Crippen LogP contribution in [0.15, 0.2) is 18.2 Å². The van der Waals surface area contributed by atoms with Crippen LogP contribution in [0.5, 0.6) is 0 Å². The third-order valence-corrected chi connectivity index (χ3v) is 3.52. The molecular formula is C10H8ClNO2S. The Morgan fingerprint density at radius 1 is 1.60 bits per heavy atom. The molecule has 0 amide bonds. The van der Waals surface area contributed by atoms with Gasteiger partial charge in [-0.3, -0.25) is 4.79 Å². The van der Waals surface area contributed by atoms with E-state index in [-0.39, 0.29) is 0 Å². The summed E-state index contributed by atoms with van der Waals surface area (Å²) in [4.78, 5) is 11.6. The van der Waals surface area contributed by atoms with Gasteiger partial charge in [0.05, 0.1) is 11.4 Å². The second-order valence-corrected chi connectivity index (χ2v) is 4.51. The summed E-state index contributed by atoms with van der Waals surface area (Å²) >= 11 is 7.08. The molecule has 0 saturated heterocycles. The highest BCUT2D eigenvalue weighted by atomic mass is 35.5. The summed E-state index contributed by atoms with van der Waals surface area (Å²) in [5.41, 5.74) is 0.799. The third kappa shape index (κ3) is 1.82. The van der Waals surface area contributed by atoms with Crippen molar-refractivity contribution in [2.75, 3.05) is 0 Å². The summed E-state index contributed by atoms with van der Waals surface area (Å²) in [6.45, 7) is 1.65. The number of aromatic nitrogens is 1. The third-order valence-electron chi connectivity index (χ3n) is 2.23. The van der Waals surface area contributed by atoms with Gasteiger partial charge in [0, 0.05) is 15.3 Å². The van der Waals surface area contributed by atoms with Gasteiger partial charge in [0.2, 0.25) is 0 Å². The van der Waals surface area contributed by atoms with E-state index >= 15 is 0 Å². The van der Waals surface area contributed by atoms with Crippen LogP contribution >= 0.6 is 23.1 Å². The second-order valence-electron chi connectivity index (χ2n) is 3.27. The monoisotopic (exact) mass is 241 g/mol. The normalized spacial score (nSPS) is 12.9. The fourth-order valence-electron chi connectivity index (χ4n) is 1.36. The molecule has 0 aliphatic rings. The van der Waals surface area contributed by atoms with E-state index in [0.29, 0.717) is 5.02 Å². The molecule has 0 bridgehead atoms. The van der Waals surface area contributed by atoms with Crippen molar-refractivity contribution in [2.24, 2.45) is 0 Å². The molecule has 2 aromatic rings. The number of benzene rings is 1. The van der Waals surface area contributed by atoms with Crippen molar-refractivity contribution in [2.45, 2.75) is 12.8 Å². The van der Waals surface area contributed by atoms with Gasteiger partial charge >= 0.3 is 5.97 Å². The number of aliphatic carboxylic acids is 1. The molecule has 1 N–H and O–H groups in total. The lowest BCUT2D eigenvalue weighted by Gasteiger charge is -2.02. The van der Waals surface area contributed by atoms with Gasteiger partial charge in [-0.25, -0.2) is 0 Å². The molecule has 0 aliphatic carbocycles. The van der Waals surface area contributed by atoms with Crippen LogP contribution in [-0.4, -0.2) is 15.4 Å². The Hall–Kier alpha value is -1.13. The molecule has 3 nitrogen and oxygen atoms in total. The van der Waals surface area contributed by atoms with E-state index in [1.807, 2.05) is 0 Å². The van der Waals surface area contributed by atoms with Crippen molar-refractivity contribution in [3.05, 3.63) is 28.1 Å². The number of fused-ring (bicyclic) bond motifs is 1. The van der Waals surface area contributed by atoms with Crippen molar-refractivity contribution in [1.82, 2.24) is 4.37 Å². The summed E-state index contributed by atoms with van der Waals surface area (Å²) in [6.07, 6.45) is 0. The predicted molar refractivity (Wildman–Crippen MR) is 60.7 cm³/mol. The van der Waals surface area contributed by atoms with Crippen LogP contribution in [0.1, 0.15) is 17.7 Å². The fourth-order valence-corrected chi connectivity index (χ4v) is 2.41. The highest BCUT2D eigenvalue weighted by molar-refractivity contribution is 7.07. The zero-order chi connectivity index (χ0) is 11.0. The van der Waals surface area contributed by atoms with Crippen molar-refractivity contribution >= 4 is 40.0 Å². The molecule has 0 aliphatic heterocycles. The van der Waals surface area contributed by atoms with E-state index in [1.165, 1.54) is 11.5 Å². The molecule has 1 aromatic heterocycles. The Morgan fingerprint density at radius 2 is 2.33 bits per heavy atom. The minimum atomic E-state index is -0.847. The van der Waals surface area contributed by atoms with Gasteiger partial charge in [-0.05, 0) is 36.7 Å². The largest absolute Gasteiger partial charge is 0.481 e. The van der Waals surface area contributed by atoms with Gasteiger partial charge in [0.25, 0.3) is 0 Å². The quantitative estimate of drug-likeness (QED) is 0.879. The van der Waals surface area contributed by atoms with Crippen molar-refractivity contribution < 1.29 is 9.90 Å². The average Bonchev–Trinajstić information content (AvgIpc) is 2.59. The Labute approximate surface area is 95.5 Å². The smallest absolute Gasteiger partial charge is 0.311 e. The maximum atomic E-state index is 10.9. The lowest BCUT2D eigenvalue weighted by Crippen LogP contribution is -2.05. The maximum Gasteiger partial charge on any atom is 0.311 e. The van der Waals surface area contributed by atoms with Crippen molar-refractivity contribution in [3.8, 4) is 0 Å². The number of carboxylic acids is 1. The van der Waals surface area contributed by atoms with Gasteiger partial charge in [0.1, 0.15) is 0 Å². The van der Waals surface area contributed by atoms with Gasteiger partial charge in [-0.2, -0.15) is 4.37 Å². The zero-order valence-corrected chi connectivity index (χ0v) is 9.47. The maximum absolute atomic E-state index is 10.9. The second kappa shape index (κ2) is 3.79. The summed E-state index contributed by atoms with van der Waals surface area (Å²) in [6, 6.07) is 5.31. The summed E-state index contributed by atoms with van der Waals surface area (Å²) in [5.74, 6) is -1.39. The first kappa shape index (κ1) is 10.4. The van der Waals surface area contributed by atoms with E-state index < -0.39 is 11.9 Å². The Balaban J connectivity index is 2.61. The lowest BCUT2D eigenvalue weighted by molar-refractivity contribution is -0.138. The van der Waals surface area contributed by atoms with Gasteiger partial charge < -0.3 is 5.11 Å². The van der Waals surface area contributed by atoms with Crippen LogP contribution in [-0.2, 0) is 4.79 Å². The van der Waals surface area contributed by atoms with E-state index in [4.69, 9.17) is 16.7 Å². The van der Waals surface area contributed by atoms with E-state index in [1.54, 1.807) is 25.1 Å². The lowest BCUT2D eigenvalue weighted by atomic mass is 10.1. The van der Waals surface area contributed by atoms with Gasteiger partial charge in [-0.15, -0.1) is 0 Å². The molecule has 0 spiro atoms. The number of carboxylic acid groups (broad SMARTS) is 1. The Morgan fingerprint density at radius 3 is 3.00 bits per heavy atom. The number of carbonyl (C=O) groups is 1. The van der Waals surface area contributed by atoms with Crippen LogP contribution in [0.3, 0.4) is 0 Å². The summed E-state index contributed by atoms with van der Waals surface area (Å²) in [5, 5.41) is 10.4. The molecule has 1 aromatic carbocycles. The molecule has 2 rings (SSSR count). The molecule has 5 heteroatoms. The number of nitrogens with zero attached hydrogens (tertiary/aromatic N) is 1. The van der Waals surface area contributed by atoms with Gasteiger partial charge in [0.15, 0.2) is 0 Å². The Kier molecular flexibility index (Phi) is 2.63. The molecule has 1 unspecified atom stereocenters. The first-order chi connectivity index (χ1) is 7.09. The van der Waals surface area contributed by atoms with Crippen molar-refractivity contribution in [3.63, 3.8) is 0 Å². The standard InChI is InChI=1S/C10H8ClNO2S/c1-5(10(13)14)9-7-4-6(11)2-3-8(7)12-15-9/h2-5H,1H3,(H,13,14). The average molecular weight is 242 g/mol. The van der Waals surface area contributed by atoms with Crippen LogP contribution < -0.4 is 0 Å². The zero-order valence-electron chi connectivity index (χ0n) is 7.90. The molecule has 15 heavy (non-hydrogen) atoms. The number of rotatable bonds is 2. The molecule has 1 heterocycles. The molecule has 78 valence electrons. The molecular weight excluding hydrogens is 234 g/mol. The summed E-state index contributed by atoms with van der Waals surface area (Å²) < 4.78 is 4.18. The minimum absolute atomic E-state index is 0.543. The summed E-state index contributed by atoms with van der Waals surface area (Å²) in [7, 11) is 0. The molecule has 0 radical (unpaired) electrons. The van der Waals surface area contributed by atoms with E-state index in [9.17, 15) is 4.79 Å². The van der Waals surface area contributed by atoms with Crippen LogP contribution in [0, 0.1) is 0 Å². The topological polar surface area (TPSA) is 50.2 Å². The SMILES string of the molecule is CC(C(=O)O)c1snc2ccc(Cl)cc12. The number of halogens is 1. The number of hydrogen-bond acceptors (Lipinski definition) is 3. The minimum Gasteiger partial charge on any atom is -0.481 e. The highest BCUT2D eigenvalue weighted by Crippen LogP contribution is 2.31. The van der Waals surface area contributed by atoms with Gasteiger partial charge in [-0.1, -0.05) is 11.6 Å². The Bertz CT molecular complexity index is 523. The highest BCUT2D eigenvalue weighted by Gasteiger charge is 2.19. The van der Waals surface area contributed by atoms with Crippen LogP contribution in [0.2, 0.25) is 5.02 Å². The first-order valence-electron chi connectivity index (χ1n) is 4.37. The van der Waals surface area contributed by atoms with E-state index in [2.05, 4.69) is 4.37 Å². The van der Waals surface area contributed by atoms with Crippen LogP contribution in [0.25, 0.3) is 10.9 Å². The number of hydrogen-bond donors (Lipinski definition) is 1. The van der Waals surface area contributed by atoms with E-state index in [0.717, 1.165) is 15.8 Å². The fraction of sp³-hybridized carbons (Fsp3) is 0.200. The molecule has 1 atom stereocenters. The predicted octanol–water partition coefficient (Wildman–Crippen LogP) is 3.14. The van der Waals surface area contributed by atoms with Crippen LogP contribution in [0.4, 0.5) is 0 Å². The first-order valence-corrected chi connectivity index (χ1v) is 5.52. The molecule has 0 fully saturated rings. The molecule has 0 saturated carbocycles. The van der Waals surface area contributed by atoms with Crippen molar-refractivity contribution in [1.29, 1.82) is 0 Å².